The Labute approximate surface area is 118 Å². The van der Waals surface area contributed by atoms with E-state index in [1.165, 1.54) is 12.0 Å². The zero-order valence-electron chi connectivity index (χ0n) is 11.1. The molecule has 0 saturated heterocycles. The second-order valence-electron chi connectivity index (χ2n) is 5.17. The molecule has 1 N–H and O–H groups in total. The van der Waals surface area contributed by atoms with Crippen LogP contribution in [0.25, 0.3) is 11.3 Å². The first-order valence-corrected chi connectivity index (χ1v) is 7.04. The minimum atomic E-state index is -0.0239. The molecular weight excluding hydrogens is 256 g/mol. The summed E-state index contributed by atoms with van der Waals surface area (Å²) in [6, 6.07) is 10.3. The Bertz CT molecular complexity index is 605. The van der Waals surface area contributed by atoms with Crippen LogP contribution in [0.4, 0.5) is 0 Å². The van der Waals surface area contributed by atoms with Gasteiger partial charge in [0.25, 0.3) is 0 Å². The third-order valence-electron chi connectivity index (χ3n) is 4.08. The SMILES string of the molecule is COC1(Cn2c(-c3ccccc3)c[nH]c2=S)CCC1. The first-order chi connectivity index (χ1) is 9.24. The summed E-state index contributed by atoms with van der Waals surface area (Å²) in [5.41, 5.74) is 2.29. The number of imidazole rings is 1. The van der Waals surface area contributed by atoms with Gasteiger partial charge in [-0.3, -0.25) is 0 Å². The highest BCUT2D eigenvalue weighted by molar-refractivity contribution is 7.71. The Balaban J connectivity index is 1.98. The van der Waals surface area contributed by atoms with Crippen LogP contribution in [0.3, 0.4) is 0 Å². The van der Waals surface area contributed by atoms with Crippen LogP contribution in [0.2, 0.25) is 0 Å². The summed E-state index contributed by atoms with van der Waals surface area (Å²) in [5, 5.41) is 0. The molecule has 0 radical (unpaired) electrons. The molecule has 3 rings (SSSR count). The first-order valence-electron chi connectivity index (χ1n) is 6.63. The Morgan fingerprint density at radius 3 is 2.63 bits per heavy atom. The summed E-state index contributed by atoms with van der Waals surface area (Å²) >= 11 is 5.41. The van der Waals surface area contributed by atoms with Crippen molar-refractivity contribution in [2.24, 2.45) is 0 Å². The lowest BCUT2D eigenvalue weighted by atomic mass is 9.80. The average Bonchev–Trinajstić information content (AvgIpc) is 2.76. The fourth-order valence-corrected chi connectivity index (χ4v) is 2.91. The van der Waals surface area contributed by atoms with Gasteiger partial charge in [-0.05, 0) is 37.0 Å². The molecular formula is C15H18N2OS. The average molecular weight is 274 g/mol. The topological polar surface area (TPSA) is 29.9 Å². The van der Waals surface area contributed by atoms with Crippen molar-refractivity contribution in [2.75, 3.05) is 7.11 Å². The van der Waals surface area contributed by atoms with Gasteiger partial charge in [0.15, 0.2) is 4.77 Å². The number of ether oxygens (including phenoxy) is 1. The van der Waals surface area contributed by atoms with Gasteiger partial charge < -0.3 is 14.3 Å². The number of aromatic nitrogens is 2. The van der Waals surface area contributed by atoms with Gasteiger partial charge in [-0.15, -0.1) is 0 Å². The normalized spacial score (nSPS) is 17.1. The van der Waals surface area contributed by atoms with Crippen molar-refractivity contribution in [2.45, 2.75) is 31.4 Å². The van der Waals surface area contributed by atoms with Crippen LogP contribution in [0, 0.1) is 4.77 Å². The van der Waals surface area contributed by atoms with Crippen molar-refractivity contribution in [1.29, 1.82) is 0 Å². The molecule has 0 aliphatic heterocycles. The number of aromatic amines is 1. The molecule has 0 spiro atoms. The van der Waals surface area contributed by atoms with Crippen LogP contribution < -0.4 is 0 Å². The molecule has 0 bridgehead atoms. The van der Waals surface area contributed by atoms with Gasteiger partial charge in [0, 0.05) is 13.3 Å². The fraction of sp³-hybridized carbons (Fsp3) is 0.400. The van der Waals surface area contributed by atoms with E-state index in [0.29, 0.717) is 0 Å². The standard InChI is InChI=1S/C15H18N2OS/c1-18-15(8-5-9-15)11-17-13(10-16-14(17)19)12-6-3-2-4-7-12/h2-4,6-7,10H,5,8-9,11H2,1H3,(H,16,19). The quantitative estimate of drug-likeness (QED) is 0.860. The Morgan fingerprint density at radius 1 is 1.32 bits per heavy atom. The van der Waals surface area contributed by atoms with Crippen LogP contribution >= 0.6 is 12.2 Å². The van der Waals surface area contributed by atoms with Gasteiger partial charge in [-0.1, -0.05) is 30.3 Å². The van der Waals surface area contributed by atoms with Crippen molar-refractivity contribution in [3.63, 3.8) is 0 Å². The molecule has 1 aromatic heterocycles. The maximum atomic E-state index is 5.71. The maximum absolute atomic E-state index is 5.71. The molecule has 1 aliphatic rings. The first kappa shape index (κ1) is 12.6. The minimum absolute atomic E-state index is 0.0239. The molecule has 2 aromatic rings. The van der Waals surface area contributed by atoms with Crippen molar-refractivity contribution in [3.8, 4) is 11.3 Å². The number of benzene rings is 1. The monoisotopic (exact) mass is 274 g/mol. The lowest BCUT2D eigenvalue weighted by Gasteiger charge is -2.41. The largest absolute Gasteiger partial charge is 0.376 e. The summed E-state index contributed by atoms with van der Waals surface area (Å²) in [6.07, 6.45) is 5.46. The fourth-order valence-electron chi connectivity index (χ4n) is 2.69. The molecule has 100 valence electrons. The number of hydrogen-bond acceptors (Lipinski definition) is 2. The number of methoxy groups -OCH3 is 1. The summed E-state index contributed by atoms with van der Waals surface area (Å²) in [6.45, 7) is 0.829. The van der Waals surface area contributed by atoms with E-state index in [1.54, 1.807) is 7.11 Å². The van der Waals surface area contributed by atoms with Gasteiger partial charge in [-0.2, -0.15) is 0 Å². The van der Waals surface area contributed by atoms with Crippen LogP contribution in [0.5, 0.6) is 0 Å². The van der Waals surface area contributed by atoms with Crippen molar-refractivity contribution >= 4 is 12.2 Å². The van der Waals surface area contributed by atoms with Gasteiger partial charge in [0.05, 0.1) is 17.8 Å². The number of hydrogen-bond donors (Lipinski definition) is 1. The summed E-state index contributed by atoms with van der Waals surface area (Å²) in [4.78, 5) is 3.15. The van der Waals surface area contributed by atoms with Crippen LogP contribution in [-0.4, -0.2) is 22.3 Å². The predicted molar refractivity (Wildman–Crippen MR) is 78.6 cm³/mol. The van der Waals surface area contributed by atoms with E-state index < -0.39 is 0 Å². The lowest BCUT2D eigenvalue weighted by Crippen LogP contribution is -2.43. The van der Waals surface area contributed by atoms with E-state index in [4.69, 9.17) is 17.0 Å². The van der Waals surface area contributed by atoms with Crippen molar-refractivity contribution < 1.29 is 4.74 Å². The summed E-state index contributed by atoms with van der Waals surface area (Å²) in [7, 11) is 1.80. The molecule has 1 fully saturated rings. The molecule has 0 amide bonds. The molecule has 1 aliphatic carbocycles. The smallest absolute Gasteiger partial charge is 0.177 e. The van der Waals surface area contributed by atoms with Crippen LogP contribution in [0.15, 0.2) is 36.5 Å². The molecule has 0 atom stereocenters. The van der Waals surface area contributed by atoms with E-state index >= 15 is 0 Å². The second kappa shape index (κ2) is 4.94. The minimum Gasteiger partial charge on any atom is -0.376 e. The van der Waals surface area contributed by atoms with Crippen LogP contribution in [0.1, 0.15) is 19.3 Å². The predicted octanol–water partition coefficient (Wildman–Crippen LogP) is 3.78. The zero-order chi connectivity index (χ0) is 13.3. The third-order valence-corrected chi connectivity index (χ3v) is 4.42. The van der Waals surface area contributed by atoms with E-state index in [9.17, 15) is 0 Å². The number of nitrogens with zero attached hydrogens (tertiary/aromatic N) is 1. The van der Waals surface area contributed by atoms with E-state index in [0.717, 1.165) is 29.9 Å². The highest BCUT2D eigenvalue weighted by Crippen LogP contribution is 2.37. The molecule has 1 heterocycles. The Morgan fingerprint density at radius 2 is 2.05 bits per heavy atom. The molecule has 0 unspecified atom stereocenters. The Kier molecular flexibility index (Phi) is 3.29. The lowest BCUT2D eigenvalue weighted by molar-refractivity contribution is -0.0834. The van der Waals surface area contributed by atoms with Crippen molar-refractivity contribution in [1.82, 2.24) is 9.55 Å². The maximum Gasteiger partial charge on any atom is 0.177 e. The van der Waals surface area contributed by atoms with Gasteiger partial charge >= 0.3 is 0 Å². The van der Waals surface area contributed by atoms with Gasteiger partial charge in [0.2, 0.25) is 0 Å². The molecule has 1 aromatic carbocycles. The van der Waals surface area contributed by atoms with Gasteiger partial charge in [-0.25, -0.2) is 0 Å². The van der Waals surface area contributed by atoms with Crippen LogP contribution in [-0.2, 0) is 11.3 Å². The van der Waals surface area contributed by atoms with E-state index in [-0.39, 0.29) is 5.60 Å². The Hall–Kier alpha value is -1.39. The molecule has 1 saturated carbocycles. The van der Waals surface area contributed by atoms with Crippen molar-refractivity contribution in [3.05, 3.63) is 41.3 Å². The van der Waals surface area contributed by atoms with Gasteiger partial charge in [0.1, 0.15) is 0 Å². The second-order valence-corrected chi connectivity index (χ2v) is 5.56. The summed E-state index contributed by atoms with van der Waals surface area (Å²) in [5.74, 6) is 0. The highest BCUT2D eigenvalue weighted by atomic mass is 32.1. The number of nitrogens with one attached hydrogen (secondary N) is 1. The number of rotatable bonds is 4. The van der Waals surface area contributed by atoms with E-state index in [1.807, 2.05) is 24.4 Å². The van der Waals surface area contributed by atoms with E-state index in [2.05, 4.69) is 21.7 Å². The molecule has 3 nitrogen and oxygen atoms in total. The zero-order valence-corrected chi connectivity index (χ0v) is 11.9. The summed E-state index contributed by atoms with van der Waals surface area (Å²) < 4.78 is 8.64. The molecule has 4 heteroatoms. The third kappa shape index (κ3) is 2.26. The number of H-pyrrole nitrogens is 1. The highest BCUT2D eigenvalue weighted by Gasteiger charge is 2.38. The molecule has 19 heavy (non-hydrogen) atoms.